The van der Waals surface area contributed by atoms with Gasteiger partial charge in [-0.3, -0.25) is 9.59 Å². The summed E-state index contributed by atoms with van der Waals surface area (Å²) in [6.07, 6.45) is -0.844. The summed E-state index contributed by atoms with van der Waals surface area (Å²) in [5.74, 6) is -0.817. The quantitative estimate of drug-likeness (QED) is 0.582. The van der Waals surface area contributed by atoms with Gasteiger partial charge in [0.25, 0.3) is 5.91 Å². The number of nitrogens with zero attached hydrogens (tertiary/aromatic N) is 1. The van der Waals surface area contributed by atoms with E-state index < -0.39 is 12.1 Å². The fourth-order valence-electron chi connectivity index (χ4n) is 2.95. The van der Waals surface area contributed by atoms with Crippen LogP contribution in [0, 0.1) is 20.8 Å². The number of thiazole rings is 1. The summed E-state index contributed by atoms with van der Waals surface area (Å²) in [5, 5.41) is 9.59. The average molecular weight is 415 g/mol. The molecule has 1 aromatic carbocycles. The molecule has 1 amide bonds. The Morgan fingerprint density at radius 3 is 2.54 bits per heavy atom. The summed E-state index contributed by atoms with van der Waals surface area (Å²) in [4.78, 5) is 29.1. The Balaban J connectivity index is 1.57. The highest BCUT2D eigenvalue weighted by Crippen LogP contribution is 2.26. The Hall–Kier alpha value is -2.51. The Bertz CT molecular complexity index is 970. The molecular weight excluding hydrogens is 392 g/mol. The van der Waals surface area contributed by atoms with Gasteiger partial charge in [-0.25, -0.2) is 4.98 Å². The molecule has 0 bridgehead atoms. The van der Waals surface area contributed by atoms with Crippen LogP contribution in [0.2, 0.25) is 0 Å². The smallest absolute Gasteiger partial charge is 0.312 e. The highest BCUT2D eigenvalue weighted by atomic mass is 32.1. The van der Waals surface area contributed by atoms with E-state index >= 15 is 0 Å². The van der Waals surface area contributed by atoms with Crippen LogP contribution in [0.3, 0.4) is 0 Å². The van der Waals surface area contributed by atoms with Crippen molar-refractivity contribution in [2.24, 2.45) is 0 Å². The highest BCUT2D eigenvalue weighted by molar-refractivity contribution is 7.14. The van der Waals surface area contributed by atoms with Crippen molar-refractivity contribution in [1.82, 2.24) is 4.98 Å². The molecule has 0 radical (unpaired) electrons. The first-order valence-electron chi connectivity index (χ1n) is 8.88. The van der Waals surface area contributed by atoms with Gasteiger partial charge in [-0.15, -0.1) is 11.3 Å². The average Bonchev–Trinajstić information content (AvgIpc) is 3.29. The van der Waals surface area contributed by atoms with Crippen molar-refractivity contribution in [3.63, 3.8) is 0 Å². The predicted octanol–water partition coefficient (Wildman–Crippen LogP) is 4.91. The minimum atomic E-state index is -0.886. The van der Waals surface area contributed by atoms with E-state index in [1.165, 1.54) is 11.3 Å². The number of ether oxygens (including phenoxy) is 1. The van der Waals surface area contributed by atoms with E-state index in [0.717, 1.165) is 32.9 Å². The summed E-state index contributed by atoms with van der Waals surface area (Å²) in [6, 6.07) is 6.01. The Labute approximate surface area is 172 Å². The highest BCUT2D eigenvalue weighted by Gasteiger charge is 2.20. The zero-order valence-electron chi connectivity index (χ0n) is 16.2. The second-order valence-corrected chi connectivity index (χ2v) is 8.37. The van der Waals surface area contributed by atoms with E-state index in [1.807, 2.05) is 55.1 Å². The van der Waals surface area contributed by atoms with Crippen LogP contribution >= 0.6 is 22.7 Å². The molecule has 0 aliphatic carbocycles. The van der Waals surface area contributed by atoms with Gasteiger partial charge in [-0.05, 0) is 50.3 Å². The zero-order valence-corrected chi connectivity index (χ0v) is 17.9. The molecule has 1 atom stereocenters. The number of esters is 1. The molecule has 5 nitrogen and oxygen atoms in total. The van der Waals surface area contributed by atoms with Gasteiger partial charge in [0.1, 0.15) is 5.01 Å². The minimum Gasteiger partial charge on any atom is -0.452 e. The van der Waals surface area contributed by atoms with Gasteiger partial charge < -0.3 is 10.1 Å². The lowest BCUT2D eigenvalue weighted by atomic mass is 10.0. The van der Waals surface area contributed by atoms with Gasteiger partial charge in [-0.1, -0.05) is 17.7 Å². The van der Waals surface area contributed by atoms with Crippen LogP contribution < -0.4 is 5.32 Å². The number of benzene rings is 1. The van der Waals surface area contributed by atoms with Gasteiger partial charge in [0.2, 0.25) is 0 Å². The monoisotopic (exact) mass is 414 g/mol. The number of aromatic nitrogens is 1. The molecule has 0 unspecified atom stereocenters. The van der Waals surface area contributed by atoms with Crippen molar-refractivity contribution in [1.29, 1.82) is 0 Å². The van der Waals surface area contributed by atoms with Crippen molar-refractivity contribution in [2.45, 2.75) is 40.2 Å². The number of thiophene rings is 1. The maximum absolute atomic E-state index is 12.4. The van der Waals surface area contributed by atoms with Crippen LogP contribution in [0.15, 0.2) is 34.3 Å². The lowest BCUT2D eigenvalue weighted by Gasteiger charge is -2.16. The molecule has 28 heavy (non-hydrogen) atoms. The third-order valence-electron chi connectivity index (χ3n) is 4.25. The normalized spacial score (nSPS) is 11.9. The third kappa shape index (κ3) is 4.85. The van der Waals surface area contributed by atoms with Crippen LogP contribution in [0.1, 0.15) is 29.3 Å². The van der Waals surface area contributed by atoms with E-state index in [4.69, 9.17) is 4.74 Å². The molecule has 2 aromatic heterocycles. The largest absolute Gasteiger partial charge is 0.452 e. The molecular formula is C21H22N2O3S2. The van der Waals surface area contributed by atoms with Crippen LogP contribution in [-0.2, 0) is 20.7 Å². The molecule has 0 saturated carbocycles. The number of carbonyl (C=O) groups excluding carboxylic acids is 2. The second kappa shape index (κ2) is 8.67. The predicted molar refractivity (Wildman–Crippen MR) is 114 cm³/mol. The lowest BCUT2D eigenvalue weighted by molar-refractivity contribution is -0.152. The first kappa shape index (κ1) is 20.2. The van der Waals surface area contributed by atoms with E-state index in [0.29, 0.717) is 5.69 Å². The minimum absolute atomic E-state index is 0.0425. The summed E-state index contributed by atoms with van der Waals surface area (Å²) in [6.45, 7) is 7.47. The zero-order chi connectivity index (χ0) is 20.3. The van der Waals surface area contributed by atoms with Gasteiger partial charge in [0, 0.05) is 22.0 Å². The molecule has 3 aromatic rings. The van der Waals surface area contributed by atoms with Crippen LogP contribution in [0.25, 0.3) is 10.6 Å². The number of hydrogen-bond acceptors (Lipinski definition) is 6. The van der Waals surface area contributed by atoms with Crippen molar-refractivity contribution in [3.05, 3.63) is 56.7 Å². The van der Waals surface area contributed by atoms with Gasteiger partial charge >= 0.3 is 5.97 Å². The van der Waals surface area contributed by atoms with Crippen molar-refractivity contribution >= 4 is 40.2 Å². The van der Waals surface area contributed by atoms with E-state index in [9.17, 15) is 9.59 Å². The standard InChI is InChI=1S/C21H22N2O3S2/c1-12-7-13(2)19(14(3)8-12)23-20(25)15(4)26-18(24)9-17-11-28-21(22-17)16-5-6-27-10-16/h5-8,10-11,15H,9H2,1-4H3,(H,23,25)/t15-/m1/s1. The third-order valence-corrected chi connectivity index (χ3v) is 5.87. The fraction of sp³-hybridized carbons (Fsp3) is 0.286. The first-order chi connectivity index (χ1) is 13.3. The molecule has 0 aliphatic heterocycles. The molecule has 146 valence electrons. The Morgan fingerprint density at radius 2 is 1.89 bits per heavy atom. The number of amides is 1. The van der Waals surface area contributed by atoms with Gasteiger partial charge in [-0.2, -0.15) is 11.3 Å². The van der Waals surface area contributed by atoms with E-state index in [1.54, 1.807) is 18.3 Å². The molecule has 2 heterocycles. The molecule has 0 spiro atoms. The number of nitrogens with one attached hydrogen (secondary N) is 1. The Kier molecular flexibility index (Phi) is 6.26. The molecule has 3 rings (SSSR count). The lowest BCUT2D eigenvalue weighted by Crippen LogP contribution is -2.31. The summed E-state index contributed by atoms with van der Waals surface area (Å²) in [5.41, 5.74) is 5.55. The van der Waals surface area contributed by atoms with Crippen molar-refractivity contribution in [3.8, 4) is 10.6 Å². The maximum atomic E-state index is 12.4. The van der Waals surface area contributed by atoms with E-state index in [-0.39, 0.29) is 12.3 Å². The molecule has 0 fully saturated rings. The number of rotatable bonds is 6. The topological polar surface area (TPSA) is 68.3 Å². The van der Waals surface area contributed by atoms with Gasteiger partial charge in [0.15, 0.2) is 6.10 Å². The maximum Gasteiger partial charge on any atom is 0.312 e. The summed E-state index contributed by atoms with van der Waals surface area (Å²) < 4.78 is 5.31. The van der Waals surface area contributed by atoms with Crippen LogP contribution in [-0.4, -0.2) is 23.0 Å². The SMILES string of the molecule is Cc1cc(C)c(NC(=O)[C@@H](C)OC(=O)Cc2csc(-c3ccsc3)n2)c(C)c1. The van der Waals surface area contributed by atoms with Crippen molar-refractivity contribution < 1.29 is 14.3 Å². The van der Waals surface area contributed by atoms with Gasteiger partial charge in [0.05, 0.1) is 12.1 Å². The summed E-state index contributed by atoms with van der Waals surface area (Å²) in [7, 11) is 0. The number of carbonyl (C=O) groups is 2. The van der Waals surface area contributed by atoms with Crippen molar-refractivity contribution in [2.75, 3.05) is 5.32 Å². The van der Waals surface area contributed by atoms with Crippen LogP contribution in [0.4, 0.5) is 5.69 Å². The summed E-state index contributed by atoms with van der Waals surface area (Å²) >= 11 is 3.09. The molecule has 0 aliphatic rings. The number of aryl methyl sites for hydroxylation is 3. The number of hydrogen-bond donors (Lipinski definition) is 1. The number of anilines is 1. The fourth-order valence-corrected chi connectivity index (χ4v) is 4.48. The van der Waals surface area contributed by atoms with Crippen LogP contribution in [0.5, 0.6) is 0 Å². The molecule has 1 N–H and O–H groups in total. The second-order valence-electron chi connectivity index (χ2n) is 6.73. The molecule has 7 heteroatoms. The Morgan fingerprint density at radius 1 is 1.18 bits per heavy atom. The van der Waals surface area contributed by atoms with E-state index in [2.05, 4.69) is 10.3 Å². The first-order valence-corrected chi connectivity index (χ1v) is 10.7. The molecule has 0 saturated heterocycles.